The minimum absolute atomic E-state index is 0.0292. The van der Waals surface area contributed by atoms with E-state index in [0.29, 0.717) is 11.0 Å². The molecule has 0 fully saturated rings. The number of hydrogen-bond acceptors (Lipinski definition) is 3. The third kappa shape index (κ3) is 5.38. The van der Waals surface area contributed by atoms with Crippen molar-refractivity contribution in [1.82, 2.24) is 5.32 Å². The molecule has 1 aromatic carbocycles. The molecule has 0 saturated heterocycles. The number of anilines is 1. The van der Waals surface area contributed by atoms with E-state index in [2.05, 4.69) is 31.3 Å². The van der Waals surface area contributed by atoms with Gasteiger partial charge in [-0.3, -0.25) is 4.79 Å². The lowest BCUT2D eigenvalue weighted by Gasteiger charge is -2.16. The zero-order valence-electron chi connectivity index (χ0n) is 10.8. The number of ether oxygens (including phenoxy) is 1. The van der Waals surface area contributed by atoms with Crippen LogP contribution in [-0.4, -0.2) is 25.9 Å². The van der Waals surface area contributed by atoms with Gasteiger partial charge in [0.25, 0.3) is 0 Å². The minimum Gasteiger partial charge on any atom is -0.404 e. The number of alkyl halides is 3. The van der Waals surface area contributed by atoms with Gasteiger partial charge in [0.05, 0.1) is 5.69 Å². The van der Waals surface area contributed by atoms with Crippen LogP contribution in [0.5, 0.6) is 5.75 Å². The molecule has 1 amide bonds. The lowest BCUT2D eigenvalue weighted by Crippen LogP contribution is -2.29. The van der Waals surface area contributed by atoms with Crippen molar-refractivity contribution in [2.45, 2.75) is 13.3 Å². The summed E-state index contributed by atoms with van der Waals surface area (Å²) >= 11 is 3.05. The minimum atomic E-state index is -4.82. The van der Waals surface area contributed by atoms with E-state index in [0.717, 1.165) is 6.07 Å². The van der Waals surface area contributed by atoms with Gasteiger partial charge in [0.1, 0.15) is 0 Å². The molecule has 0 saturated carbocycles. The molecule has 1 aromatic rings. The number of carbonyl (C=O) groups excluding carboxylic acids is 1. The van der Waals surface area contributed by atoms with Gasteiger partial charge in [-0.1, -0.05) is 22.9 Å². The number of nitrogens with one attached hydrogen (secondary N) is 2. The van der Waals surface area contributed by atoms with Crippen molar-refractivity contribution in [2.75, 3.05) is 18.9 Å². The average molecular weight is 355 g/mol. The Morgan fingerprint density at radius 3 is 2.65 bits per heavy atom. The van der Waals surface area contributed by atoms with E-state index in [1.165, 1.54) is 12.1 Å². The highest BCUT2D eigenvalue weighted by molar-refractivity contribution is 9.10. The third-order valence-electron chi connectivity index (χ3n) is 2.39. The predicted octanol–water partition coefficient (Wildman–Crippen LogP) is 3.14. The summed E-state index contributed by atoms with van der Waals surface area (Å²) in [5.41, 5.74) is -0.0292. The van der Waals surface area contributed by atoms with Crippen LogP contribution >= 0.6 is 15.9 Å². The summed E-state index contributed by atoms with van der Waals surface area (Å²) in [6, 6.07) is 4.00. The highest BCUT2D eigenvalue weighted by Crippen LogP contribution is 2.33. The van der Waals surface area contributed by atoms with E-state index in [9.17, 15) is 18.0 Å². The van der Waals surface area contributed by atoms with Crippen molar-refractivity contribution < 1.29 is 22.7 Å². The Bertz CT molecular complexity index is 480. The van der Waals surface area contributed by atoms with Crippen LogP contribution < -0.4 is 15.4 Å². The fourth-order valence-electron chi connectivity index (χ4n) is 1.46. The second-order valence-electron chi connectivity index (χ2n) is 4.14. The van der Waals surface area contributed by atoms with E-state index >= 15 is 0 Å². The van der Waals surface area contributed by atoms with E-state index in [-0.39, 0.29) is 11.6 Å². The quantitative estimate of drug-likeness (QED) is 0.853. The summed E-state index contributed by atoms with van der Waals surface area (Å²) in [5.74, 6) is -1.24. The van der Waals surface area contributed by atoms with Crippen LogP contribution in [0.1, 0.15) is 6.92 Å². The van der Waals surface area contributed by atoms with Crippen molar-refractivity contribution in [3.63, 3.8) is 0 Å². The van der Waals surface area contributed by atoms with Crippen molar-refractivity contribution in [3.05, 3.63) is 22.7 Å². The summed E-state index contributed by atoms with van der Waals surface area (Å²) < 4.78 is 41.2. The average Bonchev–Trinajstić information content (AvgIpc) is 2.30. The van der Waals surface area contributed by atoms with Crippen molar-refractivity contribution >= 4 is 27.5 Å². The molecule has 0 radical (unpaired) electrons. The van der Waals surface area contributed by atoms with Gasteiger partial charge in [0.15, 0.2) is 5.75 Å². The SMILES string of the molecule is CNCC(C)C(=O)Nc1ccc(Br)cc1OC(F)(F)F. The number of carbonyl (C=O) groups is 1. The standard InChI is InChI=1S/C12H14BrF3N2O2/c1-7(6-17-2)11(19)18-9-4-3-8(13)5-10(9)20-12(14,15)16/h3-5,7,17H,6H2,1-2H3,(H,18,19). The van der Waals surface area contributed by atoms with Crippen LogP contribution in [-0.2, 0) is 4.79 Å². The molecule has 4 nitrogen and oxygen atoms in total. The molecule has 0 bridgehead atoms. The van der Waals surface area contributed by atoms with E-state index in [4.69, 9.17) is 0 Å². The molecule has 8 heteroatoms. The highest BCUT2D eigenvalue weighted by Gasteiger charge is 2.32. The zero-order chi connectivity index (χ0) is 15.3. The van der Waals surface area contributed by atoms with E-state index < -0.39 is 18.0 Å². The molecule has 0 aliphatic carbocycles. The van der Waals surface area contributed by atoms with Crippen LogP contribution in [0.4, 0.5) is 18.9 Å². The van der Waals surface area contributed by atoms with Gasteiger partial charge < -0.3 is 15.4 Å². The molecule has 0 heterocycles. The molecule has 112 valence electrons. The van der Waals surface area contributed by atoms with Crippen molar-refractivity contribution in [1.29, 1.82) is 0 Å². The van der Waals surface area contributed by atoms with Crippen LogP contribution in [0, 0.1) is 5.92 Å². The first-order valence-electron chi connectivity index (χ1n) is 5.73. The molecule has 2 N–H and O–H groups in total. The number of halogens is 4. The summed E-state index contributed by atoms with van der Waals surface area (Å²) in [7, 11) is 1.68. The highest BCUT2D eigenvalue weighted by atomic mass is 79.9. The van der Waals surface area contributed by atoms with E-state index in [1.807, 2.05) is 0 Å². The van der Waals surface area contributed by atoms with Crippen molar-refractivity contribution in [2.24, 2.45) is 5.92 Å². The first-order valence-corrected chi connectivity index (χ1v) is 6.53. The van der Waals surface area contributed by atoms with Gasteiger partial charge in [0.2, 0.25) is 5.91 Å². The van der Waals surface area contributed by atoms with Crippen molar-refractivity contribution in [3.8, 4) is 5.75 Å². The molecule has 0 spiro atoms. The number of rotatable bonds is 5. The Morgan fingerprint density at radius 2 is 2.10 bits per heavy atom. The lowest BCUT2D eigenvalue weighted by molar-refractivity contribution is -0.274. The summed E-state index contributed by atoms with van der Waals surface area (Å²) in [5, 5.41) is 5.24. The number of amides is 1. The first-order chi connectivity index (χ1) is 9.23. The molecular formula is C12H14BrF3N2O2. The van der Waals surface area contributed by atoms with Crippen LogP contribution in [0.25, 0.3) is 0 Å². The molecule has 1 rings (SSSR count). The normalized spacial score (nSPS) is 12.9. The Hall–Kier alpha value is -1.28. The molecular weight excluding hydrogens is 341 g/mol. The molecule has 1 unspecified atom stereocenters. The topological polar surface area (TPSA) is 50.4 Å². The van der Waals surface area contributed by atoms with E-state index in [1.54, 1.807) is 14.0 Å². The fourth-order valence-corrected chi connectivity index (χ4v) is 1.80. The maximum absolute atomic E-state index is 12.3. The van der Waals surface area contributed by atoms with Crippen LogP contribution in [0.2, 0.25) is 0 Å². The second kappa shape index (κ2) is 6.94. The zero-order valence-corrected chi connectivity index (χ0v) is 12.4. The Labute approximate surface area is 122 Å². The second-order valence-corrected chi connectivity index (χ2v) is 5.05. The molecule has 20 heavy (non-hydrogen) atoms. The summed E-state index contributed by atoms with van der Waals surface area (Å²) in [6.45, 7) is 2.08. The van der Waals surface area contributed by atoms with Gasteiger partial charge in [-0.25, -0.2) is 0 Å². The largest absolute Gasteiger partial charge is 0.573 e. The summed E-state index contributed by atoms with van der Waals surface area (Å²) in [6.07, 6.45) is -4.82. The molecule has 1 atom stereocenters. The van der Waals surface area contributed by atoms with Gasteiger partial charge in [0, 0.05) is 16.9 Å². The molecule has 0 aliphatic rings. The monoisotopic (exact) mass is 354 g/mol. The smallest absolute Gasteiger partial charge is 0.404 e. The maximum atomic E-state index is 12.3. The molecule has 0 aliphatic heterocycles. The number of hydrogen-bond donors (Lipinski definition) is 2. The van der Waals surface area contributed by atoms with Gasteiger partial charge in [-0.2, -0.15) is 0 Å². The van der Waals surface area contributed by atoms with Crippen LogP contribution in [0.3, 0.4) is 0 Å². The fraction of sp³-hybridized carbons (Fsp3) is 0.417. The third-order valence-corrected chi connectivity index (χ3v) is 2.88. The van der Waals surface area contributed by atoms with Gasteiger partial charge in [-0.15, -0.1) is 13.2 Å². The van der Waals surface area contributed by atoms with Gasteiger partial charge >= 0.3 is 6.36 Å². The Morgan fingerprint density at radius 1 is 1.45 bits per heavy atom. The lowest BCUT2D eigenvalue weighted by atomic mass is 10.1. The predicted molar refractivity (Wildman–Crippen MR) is 72.5 cm³/mol. The molecule has 0 aromatic heterocycles. The summed E-state index contributed by atoms with van der Waals surface area (Å²) in [4.78, 5) is 11.8. The Kier molecular flexibility index (Phi) is 5.82. The first kappa shape index (κ1) is 16.8. The van der Waals surface area contributed by atoms with Gasteiger partial charge in [-0.05, 0) is 25.2 Å². The maximum Gasteiger partial charge on any atom is 0.573 e. The van der Waals surface area contributed by atoms with Crippen LogP contribution in [0.15, 0.2) is 22.7 Å². The number of benzene rings is 1. The Balaban J connectivity index is 2.91.